The van der Waals surface area contributed by atoms with Crippen molar-refractivity contribution in [2.75, 3.05) is 18.9 Å². The van der Waals surface area contributed by atoms with E-state index in [-0.39, 0.29) is 16.7 Å². The van der Waals surface area contributed by atoms with Crippen LogP contribution in [-0.2, 0) is 21.1 Å². The van der Waals surface area contributed by atoms with Gasteiger partial charge in [0, 0.05) is 18.9 Å². The summed E-state index contributed by atoms with van der Waals surface area (Å²) in [5.74, 6) is 0.630. The van der Waals surface area contributed by atoms with Crippen molar-refractivity contribution in [2.24, 2.45) is 0 Å². The Morgan fingerprint density at radius 3 is 2.64 bits per heavy atom. The lowest BCUT2D eigenvalue weighted by Crippen LogP contribution is -2.23. The van der Waals surface area contributed by atoms with Gasteiger partial charge in [0.05, 0.1) is 34.4 Å². The minimum atomic E-state index is -3.29. The zero-order chi connectivity index (χ0) is 23.0. The topological polar surface area (TPSA) is 118 Å². The number of sulfone groups is 1. The summed E-state index contributed by atoms with van der Waals surface area (Å²) in [7, 11) is -3.29. The van der Waals surface area contributed by atoms with Crippen LogP contribution in [0.2, 0.25) is 0 Å². The molecule has 2 aromatic heterocycles. The Kier molecular flexibility index (Phi) is 5.29. The minimum absolute atomic E-state index is 0.0407. The van der Waals surface area contributed by atoms with Gasteiger partial charge in [0.25, 0.3) is 0 Å². The Bertz CT molecular complexity index is 1430. The summed E-state index contributed by atoms with van der Waals surface area (Å²) in [6.07, 6.45) is 4.48. The van der Waals surface area contributed by atoms with Crippen molar-refractivity contribution in [3.05, 3.63) is 60.6 Å². The number of imidazole rings is 1. The largest absolute Gasteiger partial charge is 0.448 e. The predicted octanol–water partition coefficient (Wildman–Crippen LogP) is 3.43. The van der Waals surface area contributed by atoms with Crippen LogP contribution in [-0.4, -0.2) is 58.3 Å². The highest BCUT2D eigenvalue weighted by molar-refractivity contribution is 7.91. The van der Waals surface area contributed by atoms with Crippen LogP contribution < -0.4 is 0 Å². The third-order valence-electron chi connectivity index (χ3n) is 5.62. The summed E-state index contributed by atoms with van der Waals surface area (Å²) in [6, 6.07) is 10.7. The third kappa shape index (κ3) is 4.05. The molecule has 2 aromatic carbocycles. The van der Waals surface area contributed by atoms with E-state index < -0.39 is 9.84 Å². The van der Waals surface area contributed by atoms with Crippen LogP contribution in [0.5, 0.6) is 0 Å². The molecule has 9 nitrogen and oxygen atoms in total. The van der Waals surface area contributed by atoms with E-state index in [1.54, 1.807) is 54.7 Å². The number of nitrogens with zero attached hydrogens (tertiary/aromatic N) is 4. The molecule has 3 heterocycles. The van der Waals surface area contributed by atoms with Crippen molar-refractivity contribution < 1.29 is 17.9 Å². The summed E-state index contributed by atoms with van der Waals surface area (Å²) >= 11 is 0. The van der Waals surface area contributed by atoms with Crippen LogP contribution >= 0.6 is 0 Å². The Labute approximate surface area is 190 Å². The Balaban J connectivity index is 1.61. The number of benzene rings is 2. The molecule has 1 N–H and O–H groups in total. The van der Waals surface area contributed by atoms with Crippen LogP contribution in [0.15, 0.2) is 59.9 Å². The molecule has 1 fully saturated rings. The number of amides is 1. The van der Waals surface area contributed by atoms with Crippen LogP contribution in [0.4, 0.5) is 4.79 Å². The lowest BCUT2D eigenvalue weighted by Gasteiger charge is -2.16. The summed E-state index contributed by atoms with van der Waals surface area (Å²) in [4.78, 5) is 30.3. The SMILES string of the molecule is CCS(=O)(=O)c1ccc(-c2cc3nc(-c4cnccn4)[nH]c3cc2CN2CCOC2=O)cc1. The number of aromatic nitrogens is 4. The molecule has 0 spiro atoms. The molecule has 0 aliphatic carbocycles. The zero-order valence-corrected chi connectivity index (χ0v) is 18.7. The van der Waals surface area contributed by atoms with E-state index in [1.165, 1.54) is 0 Å². The number of fused-ring (bicyclic) bond motifs is 1. The van der Waals surface area contributed by atoms with E-state index in [9.17, 15) is 13.2 Å². The smallest absolute Gasteiger partial charge is 0.410 e. The van der Waals surface area contributed by atoms with Crippen molar-refractivity contribution in [1.29, 1.82) is 0 Å². The molecule has 1 saturated heterocycles. The second-order valence-electron chi connectivity index (χ2n) is 7.67. The van der Waals surface area contributed by atoms with Gasteiger partial charge in [-0.25, -0.2) is 23.2 Å². The lowest BCUT2D eigenvalue weighted by molar-refractivity contribution is 0.157. The number of rotatable bonds is 6. The van der Waals surface area contributed by atoms with E-state index >= 15 is 0 Å². The average molecular weight is 464 g/mol. The van der Waals surface area contributed by atoms with E-state index in [2.05, 4.69) is 19.9 Å². The highest BCUT2D eigenvalue weighted by atomic mass is 32.2. The molecular formula is C23H21N5O4S. The summed E-state index contributed by atoms with van der Waals surface area (Å²) in [6.45, 7) is 2.86. The Morgan fingerprint density at radius 1 is 1.15 bits per heavy atom. The second kappa shape index (κ2) is 8.28. The van der Waals surface area contributed by atoms with Gasteiger partial charge >= 0.3 is 6.09 Å². The maximum Gasteiger partial charge on any atom is 0.410 e. The predicted molar refractivity (Wildman–Crippen MR) is 122 cm³/mol. The molecule has 10 heteroatoms. The zero-order valence-electron chi connectivity index (χ0n) is 17.9. The number of hydrogen-bond donors (Lipinski definition) is 1. The Hall–Kier alpha value is -3.79. The number of hydrogen-bond acceptors (Lipinski definition) is 7. The van der Waals surface area contributed by atoms with Crippen LogP contribution in [0.25, 0.3) is 33.7 Å². The third-order valence-corrected chi connectivity index (χ3v) is 7.37. The number of H-pyrrole nitrogens is 1. The molecule has 1 amide bonds. The van der Waals surface area contributed by atoms with Gasteiger partial charge in [-0.1, -0.05) is 19.1 Å². The van der Waals surface area contributed by atoms with Gasteiger partial charge in [-0.05, 0) is 41.0 Å². The van der Waals surface area contributed by atoms with E-state index in [1.807, 2.05) is 12.1 Å². The first-order valence-electron chi connectivity index (χ1n) is 10.5. The number of carbonyl (C=O) groups is 1. The fraction of sp³-hybridized carbons (Fsp3) is 0.217. The molecule has 0 saturated carbocycles. The lowest BCUT2D eigenvalue weighted by atomic mass is 9.98. The molecular weight excluding hydrogens is 442 g/mol. The van der Waals surface area contributed by atoms with Crippen molar-refractivity contribution in [1.82, 2.24) is 24.8 Å². The molecule has 5 rings (SSSR count). The number of carbonyl (C=O) groups excluding carboxylic acids is 1. The fourth-order valence-electron chi connectivity index (χ4n) is 3.83. The van der Waals surface area contributed by atoms with E-state index in [0.717, 1.165) is 27.7 Å². The first-order valence-corrected chi connectivity index (χ1v) is 12.1. The molecule has 1 aliphatic heterocycles. The number of aromatic amines is 1. The Morgan fingerprint density at radius 2 is 1.97 bits per heavy atom. The number of cyclic esters (lactones) is 1. The van der Waals surface area contributed by atoms with Crippen molar-refractivity contribution in [3.8, 4) is 22.6 Å². The first-order chi connectivity index (χ1) is 15.9. The molecule has 0 atom stereocenters. The quantitative estimate of drug-likeness (QED) is 0.465. The minimum Gasteiger partial charge on any atom is -0.448 e. The van der Waals surface area contributed by atoms with Crippen molar-refractivity contribution in [3.63, 3.8) is 0 Å². The first kappa shape index (κ1) is 21.1. The molecule has 33 heavy (non-hydrogen) atoms. The van der Waals surface area contributed by atoms with Gasteiger partial charge in [0.1, 0.15) is 12.3 Å². The number of ether oxygens (including phenoxy) is 1. The molecule has 168 valence electrons. The van der Waals surface area contributed by atoms with Gasteiger partial charge in [0.2, 0.25) is 0 Å². The second-order valence-corrected chi connectivity index (χ2v) is 9.94. The standard InChI is InChI=1S/C23H21N5O4S/c1-2-33(30,31)17-5-3-15(4-6-17)18-12-20-19(11-16(18)14-28-9-10-32-23(28)29)26-22(27-20)21-13-24-7-8-25-21/h3-8,11-13H,2,9-10,14H2,1H3,(H,26,27). The summed E-state index contributed by atoms with van der Waals surface area (Å²) < 4.78 is 29.5. The van der Waals surface area contributed by atoms with Crippen LogP contribution in [0.3, 0.4) is 0 Å². The monoisotopic (exact) mass is 463 g/mol. The van der Waals surface area contributed by atoms with E-state index in [0.29, 0.717) is 31.2 Å². The number of nitrogens with one attached hydrogen (secondary N) is 1. The summed E-state index contributed by atoms with van der Waals surface area (Å²) in [5.41, 5.74) is 4.73. The van der Waals surface area contributed by atoms with Gasteiger partial charge in [-0.15, -0.1) is 0 Å². The van der Waals surface area contributed by atoms with Gasteiger partial charge in [0.15, 0.2) is 15.7 Å². The molecule has 0 radical (unpaired) electrons. The molecule has 1 aliphatic rings. The maximum absolute atomic E-state index is 12.2. The summed E-state index contributed by atoms with van der Waals surface area (Å²) in [5, 5.41) is 0. The molecule has 4 aromatic rings. The maximum atomic E-state index is 12.2. The van der Waals surface area contributed by atoms with Gasteiger partial charge < -0.3 is 14.6 Å². The normalized spacial score (nSPS) is 14.1. The van der Waals surface area contributed by atoms with Crippen LogP contribution in [0.1, 0.15) is 12.5 Å². The fourth-order valence-corrected chi connectivity index (χ4v) is 4.71. The van der Waals surface area contributed by atoms with E-state index in [4.69, 9.17) is 4.74 Å². The highest BCUT2D eigenvalue weighted by Gasteiger charge is 2.24. The molecule has 0 bridgehead atoms. The van der Waals surface area contributed by atoms with Gasteiger partial charge in [-0.3, -0.25) is 4.98 Å². The molecule has 0 unspecified atom stereocenters. The highest BCUT2D eigenvalue weighted by Crippen LogP contribution is 2.31. The van der Waals surface area contributed by atoms with Crippen molar-refractivity contribution in [2.45, 2.75) is 18.4 Å². The van der Waals surface area contributed by atoms with Crippen molar-refractivity contribution >= 4 is 27.0 Å². The average Bonchev–Trinajstić information content (AvgIpc) is 3.45. The van der Waals surface area contributed by atoms with Crippen LogP contribution in [0, 0.1) is 0 Å². The van der Waals surface area contributed by atoms with Gasteiger partial charge in [-0.2, -0.15) is 0 Å².